The number of rotatable bonds is 10. The summed E-state index contributed by atoms with van der Waals surface area (Å²) in [7, 11) is 0. The molecule has 2 atom stereocenters. The highest BCUT2D eigenvalue weighted by Gasteiger charge is 2.39. The van der Waals surface area contributed by atoms with Crippen LogP contribution < -0.4 is 5.32 Å². The zero-order chi connectivity index (χ0) is 25.5. The van der Waals surface area contributed by atoms with Gasteiger partial charge in [0.15, 0.2) is 0 Å². The first-order valence-corrected chi connectivity index (χ1v) is 13.1. The number of nitrogens with one attached hydrogen (secondary N) is 1. The van der Waals surface area contributed by atoms with Crippen LogP contribution in [0.3, 0.4) is 0 Å². The highest BCUT2D eigenvalue weighted by molar-refractivity contribution is 5.78. The van der Waals surface area contributed by atoms with E-state index in [-0.39, 0.29) is 24.0 Å². The van der Waals surface area contributed by atoms with Gasteiger partial charge in [-0.15, -0.1) is 0 Å². The molecule has 4 rings (SSSR count). The number of ether oxygens (including phenoxy) is 1. The van der Waals surface area contributed by atoms with E-state index in [0.717, 1.165) is 36.6 Å². The summed E-state index contributed by atoms with van der Waals surface area (Å²) >= 11 is 0. The Kier molecular flexibility index (Phi) is 8.60. The number of imidazole rings is 1. The van der Waals surface area contributed by atoms with E-state index in [4.69, 9.17) is 9.72 Å². The van der Waals surface area contributed by atoms with Crippen LogP contribution in [0.4, 0.5) is 0 Å². The van der Waals surface area contributed by atoms with Crippen molar-refractivity contribution < 1.29 is 9.53 Å². The SMILES string of the molecule is CCOCC(=O)N(C[C@H]1CCNC1)[C@@H](c1nc(-c2ccccc2)cn1Cc1ccccc1)C(C)(C)C. The maximum Gasteiger partial charge on any atom is 0.249 e. The summed E-state index contributed by atoms with van der Waals surface area (Å²) in [5.74, 6) is 1.37. The smallest absolute Gasteiger partial charge is 0.249 e. The minimum Gasteiger partial charge on any atom is -0.372 e. The van der Waals surface area contributed by atoms with Gasteiger partial charge in [-0.25, -0.2) is 4.98 Å². The van der Waals surface area contributed by atoms with E-state index in [1.165, 1.54) is 5.56 Å². The van der Waals surface area contributed by atoms with Gasteiger partial charge in [0, 0.05) is 31.5 Å². The Morgan fingerprint density at radius 1 is 1.14 bits per heavy atom. The number of amides is 1. The largest absolute Gasteiger partial charge is 0.372 e. The van der Waals surface area contributed by atoms with Gasteiger partial charge in [0.1, 0.15) is 12.4 Å². The monoisotopic (exact) mass is 488 g/mol. The van der Waals surface area contributed by atoms with Crippen LogP contribution in [0.1, 0.15) is 51.5 Å². The fourth-order valence-electron chi connectivity index (χ4n) is 5.07. The normalized spacial score (nSPS) is 16.7. The van der Waals surface area contributed by atoms with Gasteiger partial charge in [0.05, 0.1) is 11.7 Å². The molecule has 0 bridgehead atoms. The number of benzene rings is 2. The first-order valence-electron chi connectivity index (χ1n) is 13.1. The lowest BCUT2D eigenvalue weighted by atomic mass is 9.84. The van der Waals surface area contributed by atoms with Crippen molar-refractivity contribution in [2.24, 2.45) is 11.3 Å². The van der Waals surface area contributed by atoms with E-state index < -0.39 is 0 Å². The summed E-state index contributed by atoms with van der Waals surface area (Å²) in [6.45, 7) is 12.5. The molecule has 1 fully saturated rings. The molecule has 1 N–H and O–H groups in total. The van der Waals surface area contributed by atoms with Crippen molar-refractivity contribution in [3.05, 3.63) is 78.2 Å². The molecule has 0 aliphatic carbocycles. The topological polar surface area (TPSA) is 59.4 Å². The Bertz CT molecular complexity index is 1100. The van der Waals surface area contributed by atoms with E-state index >= 15 is 0 Å². The van der Waals surface area contributed by atoms with E-state index in [1.54, 1.807) is 0 Å². The molecule has 0 unspecified atom stereocenters. The molecule has 1 amide bonds. The third-order valence-electron chi connectivity index (χ3n) is 6.82. The quantitative estimate of drug-likeness (QED) is 0.428. The van der Waals surface area contributed by atoms with Crippen molar-refractivity contribution >= 4 is 5.91 Å². The second-order valence-corrected chi connectivity index (χ2v) is 10.8. The Morgan fingerprint density at radius 3 is 2.44 bits per heavy atom. The van der Waals surface area contributed by atoms with E-state index in [1.807, 2.05) is 36.1 Å². The number of carbonyl (C=O) groups excluding carboxylic acids is 1. The van der Waals surface area contributed by atoms with Crippen molar-refractivity contribution in [2.45, 2.75) is 46.7 Å². The molecule has 0 radical (unpaired) electrons. The summed E-state index contributed by atoms with van der Waals surface area (Å²) in [5, 5.41) is 3.46. The lowest BCUT2D eigenvalue weighted by Crippen LogP contribution is -2.46. The third kappa shape index (κ3) is 6.42. The average molecular weight is 489 g/mol. The van der Waals surface area contributed by atoms with Crippen LogP contribution in [0.2, 0.25) is 0 Å². The zero-order valence-corrected chi connectivity index (χ0v) is 22.1. The van der Waals surface area contributed by atoms with Gasteiger partial charge in [0.2, 0.25) is 5.91 Å². The molecule has 2 heterocycles. The molecule has 1 saturated heterocycles. The van der Waals surface area contributed by atoms with Crippen LogP contribution in [0.15, 0.2) is 66.9 Å². The Labute approximate surface area is 215 Å². The number of hydrogen-bond donors (Lipinski definition) is 1. The Hall–Kier alpha value is -2.96. The zero-order valence-electron chi connectivity index (χ0n) is 22.1. The molecular weight excluding hydrogens is 448 g/mol. The molecule has 0 spiro atoms. The lowest BCUT2D eigenvalue weighted by molar-refractivity contribution is -0.142. The van der Waals surface area contributed by atoms with Crippen molar-refractivity contribution in [3.63, 3.8) is 0 Å². The van der Waals surface area contributed by atoms with E-state index in [0.29, 0.717) is 25.6 Å². The summed E-state index contributed by atoms with van der Waals surface area (Å²) in [6.07, 6.45) is 3.21. The molecule has 6 nitrogen and oxygen atoms in total. The van der Waals surface area contributed by atoms with Crippen LogP contribution in [0, 0.1) is 11.3 Å². The minimum absolute atomic E-state index is 0.0270. The van der Waals surface area contributed by atoms with Gasteiger partial charge >= 0.3 is 0 Å². The van der Waals surface area contributed by atoms with Crippen LogP contribution in [0.5, 0.6) is 0 Å². The summed E-state index contributed by atoms with van der Waals surface area (Å²) < 4.78 is 7.84. The standard InChI is InChI=1S/C30H40N4O2/c1-5-36-22-27(35)34(20-24-16-17-31-18-24)28(30(2,3)4)29-32-26(25-14-10-7-11-15-25)21-33(29)19-23-12-8-6-9-13-23/h6-15,21,24,28,31H,5,16-20,22H2,1-4H3/t24-,28-/m0/s1. The summed E-state index contributed by atoms with van der Waals surface area (Å²) in [6, 6.07) is 20.5. The van der Waals surface area contributed by atoms with Gasteiger partial charge in [-0.05, 0) is 43.3 Å². The van der Waals surface area contributed by atoms with Gasteiger partial charge in [-0.1, -0.05) is 81.4 Å². The van der Waals surface area contributed by atoms with Gasteiger partial charge in [-0.3, -0.25) is 4.79 Å². The van der Waals surface area contributed by atoms with Crippen molar-refractivity contribution in [1.82, 2.24) is 19.8 Å². The molecule has 2 aromatic carbocycles. The number of hydrogen-bond acceptors (Lipinski definition) is 4. The predicted molar refractivity (Wildman–Crippen MR) is 145 cm³/mol. The molecule has 0 saturated carbocycles. The highest BCUT2D eigenvalue weighted by Crippen LogP contribution is 2.40. The number of nitrogens with zero attached hydrogens (tertiary/aromatic N) is 3. The molecule has 1 aromatic heterocycles. The average Bonchev–Trinajstić information content (AvgIpc) is 3.53. The molecular formula is C30H40N4O2. The predicted octanol–water partition coefficient (Wildman–Crippen LogP) is 5.16. The van der Waals surface area contributed by atoms with Gasteiger partial charge in [-0.2, -0.15) is 0 Å². The van der Waals surface area contributed by atoms with Crippen molar-refractivity contribution in [3.8, 4) is 11.3 Å². The second-order valence-electron chi connectivity index (χ2n) is 10.8. The maximum absolute atomic E-state index is 13.6. The van der Waals surface area contributed by atoms with Gasteiger partial charge in [0.25, 0.3) is 0 Å². The molecule has 192 valence electrons. The lowest BCUT2D eigenvalue weighted by Gasteiger charge is -2.41. The number of carbonyl (C=O) groups is 1. The molecule has 1 aliphatic rings. The first kappa shape index (κ1) is 26.1. The summed E-state index contributed by atoms with van der Waals surface area (Å²) in [5.41, 5.74) is 2.97. The van der Waals surface area contributed by atoms with Gasteiger partial charge < -0.3 is 19.5 Å². The molecule has 3 aromatic rings. The van der Waals surface area contributed by atoms with E-state index in [2.05, 4.69) is 73.3 Å². The molecule has 36 heavy (non-hydrogen) atoms. The second kappa shape index (κ2) is 11.8. The van der Waals surface area contributed by atoms with Crippen LogP contribution in [-0.4, -0.2) is 53.2 Å². The highest BCUT2D eigenvalue weighted by atomic mass is 16.5. The minimum atomic E-state index is -0.234. The Balaban J connectivity index is 1.80. The fourth-order valence-corrected chi connectivity index (χ4v) is 5.07. The van der Waals surface area contributed by atoms with Crippen LogP contribution >= 0.6 is 0 Å². The van der Waals surface area contributed by atoms with Crippen LogP contribution in [-0.2, 0) is 16.1 Å². The van der Waals surface area contributed by atoms with Crippen LogP contribution in [0.25, 0.3) is 11.3 Å². The Morgan fingerprint density at radius 2 is 1.83 bits per heavy atom. The van der Waals surface area contributed by atoms with E-state index in [9.17, 15) is 4.79 Å². The van der Waals surface area contributed by atoms with Crippen molar-refractivity contribution in [1.29, 1.82) is 0 Å². The van der Waals surface area contributed by atoms with Crippen molar-refractivity contribution in [2.75, 3.05) is 32.8 Å². The fraction of sp³-hybridized carbons (Fsp3) is 0.467. The molecule has 6 heteroatoms. The third-order valence-corrected chi connectivity index (χ3v) is 6.82. The first-order chi connectivity index (χ1) is 17.4. The number of aromatic nitrogens is 2. The molecule has 1 aliphatic heterocycles. The maximum atomic E-state index is 13.6. The summed E-state index contributed by atoms with van der Waals surface area (Å²) in [4.78, 5) is 20.9.